The van der Waals surface area contributed by atoms with Crippen LogP contribution in [0.4, 0.5) is 21.6 Å². The Morgan fingerprint density at radius 3 is 2.75 bits per heavy atom. The quantitative estimate of drug-likeness (QED) is 0.495. The Balaban J connectivity index is 2.39. The number of aromatic nitrogens is 2. The average Bonchev–Trinajstić information content (AvgIpc) is 2.39. The number of nitro groups is 1. The first-order valence-electron chi connectivity index (χ1n) is 5.30. The third kappa shape index (κ3) is 2.51. The Kier molecular flexibility index (Phi) is 3.51. The zero-order valence-corrected chi connectivity index (χ0v) is 9.91. The fourth-order valence-electron chi connectivity index (χ4n) is 1.51. The molecule has 1 amide bonds. The Hall–Kier alpha value is -3.10. The highest BCUT2D eigenvalue weighted by atomic mass is 19.1. The van der Waals surface area contributed by atoms with Gasteiger partial charge in [-0.2, -0.15) is 0 Å². The van der Waals surface area contributed by atoms with Gasteiger partial charge in [-0.25, -0.2) is 9.37 Å². The smallest absolute Gasteiger partial charge is 0.293 e. The maximum absolute atomic E-state index is 13.6. The number of anilines is 2. The highest BCUT2D eigenvalue weighted by molar-refractivity contribution is 6.08. The third-order valence-corrected chi connectivity index (χ3v) is 2.40. The maximum atomic E-state index is 13.6. The molecular weight excluding hydrogens is 269 g/mol. The molecule has 0 atom stereocenters. The van der Waals surface area contributed by atoms with E-state index in [0.29, 0.717) is 0 Å². The first kappa shape index (κ1) is 13.3. The summed E-state index contributed by atoms with van der Waals surface area (Å²) in [5.41, 5.74) is 3.76. The largest absolute Gasteiger partial charge is 0.392 e. The van der Waals surface area contributed by atoms with Gasteiger partial charge in [-0.3, -0.25) is 19.9 Å². The van der Waals surface area contributed by atoms with E-state index in [1.807, 2.05) is 0 Å². The van der Waals surface area contributed by atoms with Gasteiger partial charge in [-0.05, 0) is 6.07 Å². The fourth-order valence-corrected chi connectivity index (χ4v) is 1.51. The van der Waals surface area contributed by atoms with Gasteiger partial charge in [0.1, 0.15) is 17.1 Å². The van der Waals surface area contributed by atoms with Crippen LogP contribution in [0.25, 0.3) is 0 Å². The number of hydrogen-bond acceptors (Lipinski definition) is 6. The summed E-state index contributed by atoms with van der Waals surface area (Å²) in [6.45, 7) is 0. The van der Waals surface area contributed by atoms with E-state index in [1.54, 1.807) is 0 Å². The Morgan fingerprint density at radius 1 is 1.40 bits per heavy atom. The molecule has 102 valence electrons. The summed E-state index contributed by atoms with van der Waals surface area (Å²) in [5, 5.41) is 13.0. The summed E-state index contributed by atoms with van der Waals surface area (Å²) in [4.78, 5) is 29.3. The van der Waals surface area contributed by atoms with Crippen LogP contribution in [0.3, 0.4) is 0 Å². The van der Waals surface area contributed by atoms with Crippen LogP contribution in [-0.2, 0) is 0 Å². The van der Waals surface area contributed by atoms with Gasteiger partial charge in [-0.1, -0.05) is 0 Å². The number of nitrogens with zero attached hydrogens (tertiary/aromatic N) is 3. The van der Waals surface area contributed by atoms with Crippen LogP contribution in [0.5, 0.6) is 0 Å². The van der Waals surface area contributed by atoms with Crippen molar-refractivity contribution in [1.82, 2.24) is 9.97 Å². The van der Waals surface area contributed by atoms with Crippen molar-refractivity contribution >= 4 is 23.1 Å². The van der Waals surface area contributed by atoms with E-state index >= 15 is 0 Å². The topological polar surface area (TPSA) is 124 Å². The van der Waals surface area contributed by atoms with Crippen molar-refractivity contribution in [2.24, 2.45) is 0 Å². The predicted octanol–water partition coefficient (Wildman–Crippen LogP) is 1.36. The minimum atomic E-state index is -0.963. The standard InChI is InChI=1S/C11H8FN5O3/c12-6-1-2-7(17(19)20)10(13)9(6)11(18)16-8-5-14-3-4-15-8/h1-5H,13H2,(H,15,16,18). The summed E-state index contributed by atoms with van der Waals surface area (Å²) in [5.74, 6) is -1.83. The van der Waals surface area contributed by atoms with Crippen LogP contribution in [0.2, 0.25) is 0 Å². The highest BCUT2D eigenvalue weighted by Gasteiger charge is 2.23. The molecular formula is C11H8FN5O3. The summed E-state index contributed by atoms with van der Waals surface area (Å²) < 4.78 is 13.6. The normalized spacial score (nSPS) is 10.1. The van der Waals surface area contributed by atoms with Gasteiger partial charge >= 0.3 is 0 Å². The number of rotatable bonds is 3. The number of hydrogen-bond donors (Lipinski definition) is 2. The lowest BCUT2D eigenvalue weighted by atomic mass is 10.1. The summed E-state index contributed by atoms with van der Waals surface area (Å²) >= 11 is 0. The van der Waals surface area contributed by atoms with Gasteiger partial charge in [0.25, 0.3) is 11.6 Å². The molecule has 20 heavy (non-hydrogen) atoms. The molecule has 2 aromatic rings. The Morgan fingerprint density at radius 2 is 2.15 bits per heavy atom. The van der Waals surface area contributed by atoms with Crippen LogP contribution < -0.4 is 11.1 Å². The van der Waals surface area contributed by atoms with Gasteiger partial charge in [0.2, 0.25) is 0 Å². The fraction of sp³-hybridized carbons (Fsp3) is 0. The number of nitrogen functional groups attached to an aromatic ring is 1. The van der Waals surface area contributed by atoms with Crippen molar-refractivity contribution in [1.29, 1.82) is 0 Å². The molecule has 0 radical (unpaired) electrons. The zero-order valence-electron chi connectivity index (χ0n) is 9.91. The van der Waals surface area contributed by atoms with E-state index < -0.39 is 33.6 Å². The van der Waals surface area contributed by atoms with E-state index in [4.69, 9.17) is 5.73 Å². The van der Waals surface area contributed by atoms with Crippen molar-refractivity contribution < 1.29 is 14.1 Å². The van der Waals surface area contributed by atoms with Crippen LogP contribution in [-0.4, -0.2) is 20.8 Å². The van der Waals surface area contributed by atoms with Gasteiger partial charge in [0, 0.05) is 18.5 Å². The predicted molar refractivity (Wildman–Crippen MR) is 67.5 cm³/mol. The molecule has 1 aromatic carbocycles. The SMILES string of the molecule is Nc1c([N+](=O)[O-])ccc(F)c1C(=O)Nc1cnccn1. The minimum absolute atomic E-state index is 0.0720. The summed E-state index contributed by atoms with van der Waals surface area (Å²) in [6.07, 6.45) is 3.95. The number of halogens is 1. The second-order valence-electron chi connectivity index (χ2n) is 3.66. The van der Waals surface area contributed by atoms with Crippen molar-refractivity contribution in [3.05, 3.63) is 52.2 Å². The molecule has 0 fully saturated rings. The van der Waals surface area contributed by atoms with E-state index in [0.717, 1.165) is 12.1 Å². The van der Waals surface area contributed by atoms with Crippen LogP contribution in [0.1, 0.15) is 10.4 Å². The van der Waals surface area contributed by atoms with Crippen molar-refractivity contribution in [2.75, 3.05) is 11.1 Å². The van der Waals surface area contributed by atoms with Crippen LogP contribution >= 0.6 is 0 Å². The average molecular weight is 277 g/mol. The molecule has 9 heteroatoms. The van der Waals surface area contributed by atoms with Crippen molar-refractivity contribution in [3.63, 3.8) is 0 Å². The molecule has 0 saturated carbocycles. The van der Waals surface area contributed by atoms with Crippen molar-refractivity contribution in [2.45, 2.75) is 0 Å². The van der Waals surface area contributed by atoms with Crippen molar-refractivity contribution in [3.8, 4) is 0 Å². The van der Waals surface area contributed by atoms with Crippen LogP contribution in [0.15, 0.2) is 30.7 Å². The number of amides is 1. The molecule has 0 aliphatic rings. The number of nitrogens with one attached hydrogen (secondary N) is 1. The van der Waals surface area contributed by atoms with Gasteiger partial charge in [0.15, 0.2) is 5.82 Å². The lowest BCUT2D eigenvalue weighted by molar-refractivity contribution is -0.384. The molecule has 1 aromatic heterocycles. The second-order valence-corrected chi connectivity index (χ2v) is 3.66. The highest BCUT2D eigenvalue weighted by Crippen LogP contribution is 2.27. The molecule has 2 rings (SSSR count). The summed E-state index contributed by atoms with van der Waals surface area (Å²) in [6, 6.07) is 1.70. The number of carbonyl (C=O) groups is 1. The first-order valence-corrected chi connectivity index (χ1v) is 5.30. The van der Waals surface area contributed by atoms with E-state index in [1.165, 1.54) is 18.6 Å². The lowest BCUT2D eigenvalue weighted by Crippen LogP contribution is -2.17. The van der Waals surface area contributed by atoms with E-state index in [2.05, 4.69) is 15.3 Å². The molecule has 1 heterocycles. The number of nitro benzene ring substituents is 1. The van der Waals surface area contributed by atoms with E-state index in [-0.39, 0.29) is 5.82 Å². The maximum Gasteiger partial charge on any atom is 0.293 e. The second kappa shape index (κ2) is 5.26. The zero-order chi connectivity index (χ0) is 14.7. The van der Waals surface area contributed by atoms with Gasteiger partial charge in [-0.15, -0.1) is 0 Å². The van der Waals surface area contributed by atoms with Gasteiger partial charge < -0.3 is 11.1 Å². The van der Waals surface area contributed by atoms with Crippen LogP contribution in [0, 0.1) is 15.9 Å². The Bertz CT molecular complexity index is 677. The first-order chi connectivity index (χ1) is 9.50. The lowest BCUT2D eigenvalue weighted by Gasteiger charge is -2.07. The molecule has 0 bridgehead atoms. The minimum Gasteiger partial charge on any atom is -0.392 e. The molecule has 0 saturated heterocycles. The monoisotopic (exact) mass is 277 g/mol. The van der Waals surface area contributed by atoms with Gasteiger partial charge in [0.05, 0.1) is 11.1 Å². The number of carbonyl (C=O) groups excluding carboxylic acids is 1. The molecule has 0 spiro atoms. The van der Waals surface area contributed by atoms with E-state index in [9.17, 15) is 19.3 Å². The molecule has 8 nitrogen and oxygen atoms in total. The third-order valence-electron chi connectivity index (χ3n) is 2.40. The summed E-state index contributed by atoms with van der Waals surface area (Å²) in [7, 11) is 0. The number of benzene rings is 1. The number of nitrogens with two attached hydrogens (primary N) is 1. The molecule has 0 aliphatic heterocycles. The molecule has 0 unspecified atom stereocenters. The molecule has 0 aliphatic carbocycles. The Labute approximate surface area is 111 Å². The molecule has 3 N–H and O–H groups in total.